The summed E-state index contributed by atoms with van der Waals surface area (Å²) in [5.74, 6) is -0.487. The Balaban J connectivity index is 2.87. The normalized spacial score (nSPS) is 12.9. The summed E-state index contributed by atoms with van der Waals surface area (Å²) in [7, 11) is 0. The lowest BCUT2D eigenvalue weighted by Crippen LogP contribution is -2.00. The minimum atomic E-state index is -0.863. The fourth-order valence-electron chi connectivity index (χ4n) is 1.06. The maximum Gasteiger partial charge on any atom is 0.125 e. The summed E-state index contributed by atoms with van der Waals surface area (Å²) >= 11 is 5.58. The zero-order valence-electron chi connectivity index (χ0n) is 6.87. The van der Waals surface area contributed by atoms with E-state index in [1.807, 2.05) is 0 Å². The second kappa shape index (κ2) is 4.56. The van der Waals surface area contributed by atoms with Crippen molar-refractivity contribution in [3.63, 3.8) is 0 Å². The quantitative estimate of drug-likeness (QED) is 0.790. The lowest BCUT2D eigenvalue weighted by atomic mass is 10.1. The average Bonchev–Trinajstić information content (AvgIpc) is 2.03. The lowest BCUT2D eigenvalue weighted by molar-refractivity contribution is 0.134. The molecule has 0 bridgehead atoms. The Morgan fingerprint density at radius 1 is 1.38 bits per heavy atom. The van der Waals surface area contributed by atoms with Crippen LogP contribution in [0.4, 0.5) is 4.39 Å². The number of aliphatic hydroxyl groups is 2. The van der Waals surface area contributed by atoms with Gasteiger partial charge >= 0.3 is 0 Å². The Kier molecular flexibility index (Phi) is 3.66. The summed E-state index contributed by atoms with van der Waals surface area (Å²) < 4.78 is 12.8. The SMILES string of the molecule is OCCC(O)c1cc(F)cc(Cl)c1. The molecule has 2 N–H and O–H groups in total. The fourth-order valence-corrected chi connectivity index (χ4v) is 1.29. The molecule has 0 aliphatic carbocycles. The Labute approximate surface area is 80.6 Å². The van der Waals surface area contributed by atoms with Crippen LogP contribution in [0.1, 0.15) is 18.1 Å². The molecule has 0 radical (unpaired) electrons. The highest BCUT2D eigenvalue weighted by atomic mass is 35.5. The van der Waals surface area contributed by atoms with E-state index in [1.54, 1.807) is 0 Å². The van der Waals surface area contributed by atoms with Gasteiger partial charge in [-0.2, -0.15) is 0 Å². The summed E-state index contributed by atoms with van der Waals surface area (Å²) in [5, 5.41) is 18.2. The summed E-state index contributed by atoms with van der Waals surface area (Å²) in [6.07, 6.45) is -0.682. The molecule has 1 rings (SSSR count). The van der Waals surface area contributed by atoms with Crippen molar-refractivity contribution in [3.8, 4) is 0 Å². The van der Waals surface area contributed by atoms with Gasteiger partial charge in [0.05, 0.1) is 6.10 Å². The average molecular weight is 205 g/mol. The molecule has 0 aliphatic rings. The number of rotatable bonds is 3. The van der Waals surface area contributed by atoms with Gasteiger partial charge in [-0.05, 0) is 23.8 Å². The van der Waals surface area contributed by atoms with Gasteiger partial charge in [0.25, 0.3) is 0 Å². The van der Waals surface area contributed by atoms with Crippen molar-refractivity contribution in [1.82, 2.24) is 0 Å². The first-order valence-electron chi connectivity index (χ1n) is 3.88. The van der Waals surface area contributed by atoms with Crippen LogP contribution in [-0.2, 0) is 0 Å². The molecule has 4 heteroatoms. The first-order chi connectivity index (χ1) is 6.13. The van der Waals surface area contributed by atoms with Crippen molar-refractivity contribution >= 4 is 11.6 Å². The topological polar surface area (TPSA) is 40.5 Å². The largest absolute Gasteiger partial charge is 0.396 e. The molecule has 72 valence electrons. The molecule has 1 aromatic carbocycles. The van der Waals surface area contributed by atoms with Gasteiger partial charge in [0.15, 0.2) is 0 Å². The zero-order valence-corrected chi connectivity index (χ0v) is 7.63. The molecule has 0 fully saturated rings. The monoisotopic (exact) mass is 204 g/mol. The van der Waals surface area contributed by atoms with E-state index in [4.69, 9.17) is 16.7 Å². The van der Waals surface area contributed by atoms with Crippen molar-refractivity contribution in [1.29, 1.82) is 0 Å². The third kappa shape index (κ3) is 2.95. The van der Waals surface area contributed by atoms with Crippen LogP contribution in [0, 0.1) is 5.82 Å². The van der Waals surface area contributed by atoms with E-state index in [-0.39, 0.29) is 18.1 Å². The van der Waals surface area contributed by atoms with Gasteiger partial charge in [0.1, 0.15) is 5.82 Å². The van der Waals surface area contributed by atoms with Gasteiger partial charge in [0.2, 0.25) is 0 Å². The van der Waals surface area contributed by atoms with Gasteiger partial charge in [-0.25, -0.2) is 4.39 Å². The zero-order chi connectivity index (χ0) is 9.84. The van der Waals surface area contributed by atoms with E-state index in [2.05, 4.69) is 0 Å². The molecule has 2 nitrogen and oxygen atoms in total. The molecular weight excluding hydrogens is 195 g/mol. The standard InChI is InChI=1S/C9H10ClFO2/c10-7-3-6(4-8(11)5-7)9(13)1-2-12/h3-5,9,12-13H,1-2H2. The predicted octanol–water partition coefficient (Wildman–Crippen LogP) is 1.89. The van der Waals surface area contributed by atoms with Crippen LogP contribution in [0.25, 0.3) is 0 Å². The molecule has 0 heterocycles. The van der Waals surface area contributed by atoms with Gasteiger partial charge in [-0.15, -0.1) is 0 Å². The number of halogens is 2. The molecule has 0 aliphatic heterocycles. The first kappa shape index (κ1) is 10.4. The van der Waals surface area contributed by atoms with Crippen molar-refractivity contribution in [2.24, 2.45) is 0 Å². The third-order valence-corrected chi connectivity index (χ3v) is 1.89. The Morgan fingerprint density at radius 2 is 2.08 bits per heavy atom. The Morgan fingerprint density at radius 3 is 2.62 bits per heavy atom. The van der Waals surface area contributed by atoms with Gasteiger partial charge in [0, 0.05) is 18.1 Å². The fraction of sp³-hybridized carbons (Fsp3) is 0.333. The van der Waals surface area contributed by atoms with Crippen LogP contribution in [-0.4, -0.2) is 16.8 Å². The van der Waals surface area contributed by atoms with Crippen LogP contribution in [0.5, 0.6) is 0 Å². The maximum atomic E-state index is 12.8. The molecule has 0 saturated heterocycles. The van der Waals surface area contributed by atoms with Crippen molar-refractivity contribution in [2.75, 3.05) is 6.61 Å². The molecule has 1 aromatic rings. The highest BCUT2D eigenvalue weighted by Gasteiger charge is 2.08. The van der Waals surface area contributed by atoms with Crippen LogP contribution < -0.4 is 0 Å². The minimum Gasteiger partial charge on any atom is -0.396 e. The molecule has 0 aromatic heterocycles. The molecule has 0 saturated carbocycles. The van der Waals surface area contributed by atoms with E-state index in [0.717, 1.165) is 6.07 Å². The lowest BCUT2D eigenvalue weighted by Gasteiger charge is -2.09. The van der Waals surface area contributed by atoms with Crippen LogP contribution >= 0.6 is 11.6 Å². The summed E-state index contributed by atoms with van der Waals surface area (Å²) in [4.78, 5) is 0. The summed E-state index contributed by atoms with van der Waals surface area (Å²) in [5.41, 5.74) is 0.388. The maximum absolute atomic E-state index is 12.8. The van der Waals surface area contributed by atoms with E-state index >= 15 is 0 Å². The van der Waals surface area contributed by atoms with Crippen LogP contribution in [0.3, 0.4) is 0 Å². The summed E-state index contributed by atoms with van der Waals surface area (Å²) in [6.45, 7) is -0.144. The predicted molar refractivity (Wildman–Crippen MR) is 48.1 cm³/mol. The number of hydrogen-bond acceptors (Lipinski definition) is 2. The summed E-state index contributed by atoms with van der Waals surface area (Å²) in [6, 6.07) is 3.84. The van der Waals surface area contributed by atoms with Gasteiger partial charge in [-0.3, -0.25) is 0 Å². The van der Waals surface area contributed by atoms with E-state index in [9.17, 15) is 9.50 Å². The van der Waals surface area contributed by atoms with Crippen molar-refractivity contribution in [3.05, 3.63) is 34.6 Å². The molecule has 1 unspecified atom stereocenters. The van der Waals surface area contributed by atoms with E-state index in [0.29, 0.717) is 5.56 Å². The molecule has 0 amide bonds. The molecule has 0 spiro atoms. The van der Waals surface area contributed by atoms with Crippen molar-refractivity contribution < 1.29 is 14.6 Å². The second-order valence-electron chi connectivity index (χ2n) is 2.73. The van der Waals surface area contributed by atoms with E-state index < -0.39 is 11.9 Å². The Hall–Kier alpha value is -0.640. The van der Waals surface area contributed by atoms with Gasteiger partial charge in [-0.1, -0.05) is 11.6 Å². The van der Waals surface area contributed by atoms with E-state index in [1.165, 1.54) is 12.1 Å². The smallest absolute Gasteiger partial charge is 0.125 e. The first-order valence-corrected chi connectivity index (χ1v) is 4.26. The number of hydrogen-bond donors (Lipinski definition) is 2. The van der Waals surface area contributed by atoms with Crippen LogP contribution in [0.15, 0.2) is 18.2 Å². The highest BCUT2D eigenvalue weighted by Crippen LogP contribution is 2.21. The number of benzene rings is 1. The number of aliphatic hydroxyl groups excluding tert-OH is 2. The van der Waals surface area contributed by atoms with Gasteiger partial charge < -0.3 is 10.2 Å². The Bertz CT molecular complexity index is 271. The molecular formula is C9H10ClFO2. The minimum absolute atomic E-state index is 0.144. The van der Waals surface area contributed by atoms with Crippen LogP contribution in [0.2, 0.25) is 5.02 Å². The van der Waals surface area contributed by atoms with Crippen molar-refractivity contribution in [2.45, 2.75) is 12.5 Å². The third-order valence-electron chi connectivity index (χ3n) is 1.67. The highest BCUT2D eigenvalue weighted by molar-refractivity contribution is 6.30. The molecule has 13 heavy (non-hydrogen) atoms. The molecule has 1 atom stereocenters. The second-order valence-corrected chi connectivity index (χ2v) is 3.17.